The van der Waals surface area contributed by atoms with Crippen molar-refractivity contribution in [2.45, 2.75) is 63.2 Å². The Labute approximate surface area is 131 Å². The largest absolute Gasteiger partial charge is 0.337 e. The van der Waals surface area contributed by atoms with E-state index in [4.69, 9.17) is 11.8 Å². The van der Waals surface area contributed by atoms with Crippen LogP contribution in [0.15, 0.2) is 29.2 Å². The third-order valence-electron chi connectivity index (χ3n) is 3.24. The van der Waals surface area contributed by atoms with Crippen molar-refractivity contribution in [3.05, 3.63) is 29.8 Å². The molecule has 0 atom stereocenters. The monoisotopic (exact) mass is 332 g/mol. The van der Waals surface area contributed by atoms with Gasteiger partial charge in [0, 0.05) is 4.90 Å². The number of hydrogen-bond donors (Lipinski definition) is 2. The van der Waals surface area contributed by atoms with Crippen LogP contribution in [0.3, 0.4) is 0 Å². The minimum atomic E-state index is -3.22. The first kappa shape index (κ1) is 18.2. The molecule has 0 spiro atoms. The van der Waals surface area contributed by atoms with Crippen molar-refractivity contribution >= 4 is 28.9 Å². The lowest BCUT2D eigenvalue weighted by Gasteiger charge is -2.11. The zero-order valence-electron chi connectivity index (χ0n) is 12.1. The van der Waals surface area contributed by atoms with Gasteiger partial charge in [0.2, 0.25) is 5.69 Å². The van der Waals surface area contributed by atoms with Crippen molar-refractivity contribution in [3.63, 3.8) is 0 Å². The van der Waals surface area contributed by atoms with E-state index in [1.54, 1.807) is 0 Å². The predicted octanol–water partition coefficient (Wildman–Crippen LogP) is 5.28. The lowest BCUT2D eigenvalue weighted by atomic mass is 10.0. The number of hydrogen-bond acceptors (Lipinski definition) is 2. The molecule has 0 saturated carbocycles. The van der Waals surface area contributed by atoms with Gasteiger partial charge in [0.25, 0.3) is 0 Å². The molecule has 1 aromatic rings. The van der Waals surface area contributed by atoms with Crippen molar-refractivity contribution in [1.82, 2.24) is 0 Å². The van der Waals surface area contributed by atoms with Gasteiger partial charge >= 0.3 is 0 Å². The Morgan fingerprint density at radius 3 is 2.25 bits per heavy atom. The molecule has 114 valence electrons. The quantitative estimate of drug-likeness (QED) is 0.452. The van der Waals surface area contributed by atoms with Gasteiger partial charge in [-0.15, -0.1) is 0 Å². The first-order valence-corrected chi connectivity index (χ1v) is 11.5. The van der Waals surface area contributed by atoms with E-state index in [1.807, 2.05) is 18.2 Å². The van der Waals surface area contributed by atoms with Gasteiger partial charge in [0.05, 0.1) is 0 Å². The Hall–Kier alpha value is 0.140. The third kappa shape index (κ3) is 8.43. The summed E-state index contributed by atoms with van der Waals surface area (Å²) in [6.07, 6.45) is 10.0. The van der Waals surface area contributed by atoms with E-state index < -0.39 is 5.69 Å². The van der Waals surface area contributed by atoms with Crippen molar-refractivity contribution in [2.24, 2.45) is 0 Å². The molecule has 0 radical (unpaired) electrons. The first-order valence-electron chi connectivity index (χ1n) is 7.36. The molecule has 0 aromatic heterocycles. The standard InChI is InChI=1S/C15H25O2PS2/c1-2-3-4-5-6-7-8-11-14-12-9-10-13-15(14)20-18(16,17)19/h9-10,12-13H,2-8,11H2,1H3,(H2,16,17,19). The van der Waals surface area contributed by atoms with Gasteiger partial charge in [-0.25, -0.2) is 0 Å². The first-order chi connectivity index (χ1) is 9.53. The van der Waals surface area contributed by atoms with Crippen LogP contribution in [-0.2, 0) is 18.2 Å². The lowest BCUT2D eigenvalue weighted by molar-refractivity contribution is 0.502. The fourth-order valence-corrected chi connectivity index (χ4v) is 4.91. The summed E-state index contributed by atoms with van der Waals surface area (Å²) in [4.78, 5) is 19.8. The summed E-state index contributed by atoms with van der Waals surface area (Å²) in [5.74, 6) is 0. The highest BCUT2D eigenvalue weighted by Gasteiger charge is 2.12. The van der Waals surface area contributed by atoms with Crippen LogP contribution in [0.1, 0.15) is 57.4 Å². The molecule has 2 nitrogen and oxygen atoms in total. The third-order valence-corrected chi connectivity index (χ3v) is 6.05. The molecule has 0 aliphatic rings. The molecular weight excluding hydrogens is 307 g/mol. The molecule has 1 aromatic carbocycles. The van der Waals surface area contributed by atoms with Gasteiger partial charge in [0.1, 0.15) is 0 Å². The molecule has 0 aliphatic heterocycles. The number of benzene rings is 1. The topological polar surface area (TPSA) is 40.5 Å². The van der Waals surface area contributed by atoms with Crippen molar-refractivity contribution < 1.29 is 9.79 Å². The summed E-state index contributed by atoms with van der Waals surface area (Å²) in [5.41, 5.74) is -2.04. The highest BCUT2D eigenvalue weighted by molar-refractivity contribution is 8.67. The van der Waals surface area contributed by atoms with Gasteiger partial charge < -0.3 is 9.79 Å². The maximum Gasteiger partial charge on any atom is 0.246 e. The van der Waals surface area contributed by atoms with E-state index in [0.29, 0.717) is 0 Å². The van der Waals surface area contributed by atoms with Crippen LogP contribution in [0.5, 0.6) is 0 Å². The molecule has 0 saturated heterocycles. The average molecular weight is 332 g/mol. The Morgan fingerprint density at radius 2 is 1.60 bits per heavy atom. The molecule has 2 N–H and O–H groups in total. The number of aryl methyl sites for hydroxylation is 1. The van der Waals surface area contributed by atoms with Crippen LogP contribution in [0, 0.1) is 0 Å². The van der Waals surface area contributed by atoms with Crippen LogP contribution in [-0.4, -0.2) is 9.79 Å². The summed E-state index contributed by atoms with van der Waals surface area (Å²) in [7, 11) is 0. The molecule has 0 heterocycles. The maximum absolute atomic E-state index is 9.43. The van der Waals surface area contributed by atoms with Crippen molar-refractivity contribution in [3.8, 4) is 0 Å². The Kier molecular flexibility index (Phi) is 9.06. The van der Waals surface area contributed by atoms with E-state index in [-0.39, 0.29) is 0 Å². The number of unbranched alkanes of at least 4 members (excludes halogenated alkanes) is 6. The van der Waals surface area contributed by atoms with E-state index in [2.05, 4.69) is 13.0 Å². The molecular formula is C15H25O2PS2. The summed E-state index contributed by atoms with van der Waals surface area (Å²) < 4.78 is 0. The van der Waals surface area contributed by atoms with E-state index in [9.17, 15) is 9.79 Å². The van der Waals surface area contributed by atoms with Gasteiger partial charge in [0.15, 0.2) is 0 Å². The molecule has 0 aliphatic carbocycles. The molecule has 0 amide bonds. The van der Waals surface area contributed by atoms with Crippen LogP contribution in [0.25, 0.3) is 0 Å². The van der Waals surface area contributed by atoms with E-state index in [0.717, 1.165) is 29.1 Å². The van der Waals surface area contributed by atoms with Crippen LogP contribution >= 0.6 is 17.1 Å². The molecule has 0 fully saturated rings. The summed E-state index contributed by atoms with van der Waals surface area (Å²) in [5, 5.41) is 0. The summed E-state index contributed by atoms with van der Waals surface area (Å²) in [6.45, 7) is 2.23. The SMILES string of the molecule is CCCCCCCCCc1ccccc1SP(O)(O)=S. The molecule has 5 heteroatoms. The molecule has 20 heavy (non-hydrogen) atoms. The van der Waals surface area contributed by atoms with Gasteiger partial charge in [-0.2, -0.15) is 0 Å². The Morgan fingerprint density at radius 1 is 1.00 bits per heavy atom. The average Bonchev–Trinajstić information content (AvgIpc) is 2.38. The second-order valence-corrected chi connectivity index (χ2v) is 11.0. The van der Waals surface area contributed by atoms with Gasteiger partial charge in [-0.05, 0) is 47.7 Å². The smallest absolute Gasteiger partial charge is 0.246 e. The molecule has 1 rings (SSSR count). The summed E-state index contributed by atoms with van der Waals surface area (Å²) >= 11 is 5.75. The maximum atomic E-state index is 9.43. The Bertz CT molecular complexity index is 432. The highest BCUT2D eigenvalue weighted by atomic mass is 32.9. The lowest BCUT2D eigenvalue weighted by Crippen LogP contribution is -1.89. The molecule has 0 bridgehead atoms. The van der Waals surface area contributed by atoms with E-state index in [1.165, 1.54) is 44.1 Å². The second kappa shape index (κ2) is 9.97. The van der Waals surface area contributed by atoms with Crippen molar-refractivity contribution in [2.75, 3.05) is 0 Å². The minimum absolute atomic E-state index is 0.923. The van der Waals surface area contributed by atoms with E-state index >= 15 is 0 Å². The zero-order valence-corrected chi connectivity index (χ0v) is 14.7. The number of rotatable bonds is 10. The van der Waals surface area contributed by atoms with Gasteiger partial charge in [-0.1, -0.05) is 63.6 Å². The van der Waals surface area contributed by atoms with Crippen LogP contribution in [0.4, 0.5) is 0 Å². The predicted molar refractivity (Wildman–Crippen MR) is 92.7 cm³/mol. The van der Waals surface area contributed by atoms with Crippen LogP contribution in [0.2, 0.25) is 0 Å². The fourth-order valence-electron chi connectivity index (χ4n) is 2.20. The molecule has 0 unspecified atom stereocenters. The Balaban J connectivity index is 2.34. The fraction of sp³-hybridized carbons (Fsp3) is 0.600. The second-order valence-electron chi connectivity index (χ2n) is 5.06. The highest BCUT2D eigenvalue weighted by Crippen LogP contribution is 2.55. The van der Waals surface area contributed by atoms with Crippen LogP contribution < -0.4 is 0 Å². The van der Waals surface area contributed by atoms with Gasteiger partial charge in [-0.3, -0.25) is 0 Å². The minimum Gasteiger partial charge on any atom is -0.337 e. The zero-order chi connectivity index (χ0) is 14.8. The van der Waals surface area contributed by atoms with Crippen molar-refractivity contribution in [1.29, 1.82) is 0 Å². The normalized spacial score (nSPS) is 11.8. The summed E-state index contributed by atoms with van der Waals surface area (Å²) in [6, 6.07) is 7.90.